The fourth-order valence-corrected chi connectivity index (χ4v) is 6.31. The van der Waals surface area contributed by atoms with E-state index in [1.807, 2.05) is 6.07 Å². The molecule has 1 aliphatic heterocycles. The number of hydrogen-bond donors (Lipinski definition) is 5. The third kappa shape index (κ3) is 4.90. The molecule has 1 aromatic heterocycles. The number of rotatable bonds is 8. The van der Waals surface area contributed by atoms with Gasteiger partial charge in [0.25, 0.3) is 0 Å². The fraction of sp³-hybridized carbons (Fsp3) is 0.200. The number of pyridine rings is 1. The maximum Gasteiger partial charge on any atom is 0.241 e. The van der Waals surface area contributed by atoms with Crippen LogP contribution in [0, 0.1) is 0 Å². The van der Waals surface area contributed by atoms with Crippen LogP contribution in [0.5, 0.6) is 0 Å². The van der Waals surface area contributed by atoms with Gasteiger partial charge in [-0.2, -0.15) is 5.11 Å². The Hall–Kier alpha value is -3.34. The highest BCUT2D eigenvalue weighted by Gasteiger charge is 2.33. The van der Waals surface area contributed by atoms with Crippen LogP contribution < -0.4 is 27.1 Å². The molecule has 0 aliphatic carbocycles. The van der Waals surface area contributed by atoms with Crippen molar-refractivity contribution in [3.63, 3.8) is 0 Å². The van der Waals surface area contributed by atoms with Crippen LogP contribution in [0.3, 0.4) is 0 Å². The monoisotopic (exact) mass is 517 g/mol. The maximum absolute atomic E-state index is 13.1. The molecule has 13 nitrogen and oxygen atoms in total. The van der Waals surface area contributed by atoms with Crippen LogP contribution in [0.25, 0.3) is 22.0 Å². The number of primary sulfonamides is 1. The van der Waals surface area contributed by atoms with Crippen molar-refractivity contribution in [2.45, 2.75) is 15.8 Å². The Balaban J connectivity index is 2.07. The summed E-state index contributed by atoms with van der Waals surface area (Å²) in [6.07, 6.45) is 0. The first kappa shape index (κ1) is 24.8. The summed E-state index contributed by atoms with van der Waals surface area (Å²) < 4.78 is 54.3. The zero-order valence-corrected chi connectivity index (χ0v) is 19.9. The van der Waals surface area contributed by atoms with Gasteiger partial charge in [-0.15, -0.1) is 5.11 Å². The first-order chi connectivity index (χ1) is 16.5. The van der Waals surface area contributed by atoms with E-state index >= 15 is 0 Å². The summed E-state index contributed by atoms with van der Waals surface area (Å²) in [7, 11) is -9.01. The lowest BCUT2D eigenvalue weighted by atomic mass is 9.96. The fourth-order valence-electron chi connectivity index (χ4n) is 3.62. The first-order valence-corrected chi connectivity index (χ1v) is 13.3. The summed E-state index contributed by atoms with van der Waals surface area (Å²) >= 11 is 0. The Morgan fingerprint density at radius 1 is 1.03 bits per heavy atom. The zero-order valence-electron chi connectivity index (χ0n) is 18.3. The third-order valence-electron chi connectivity index (χ3n) is 5.24. The SMILES string of the molecule is NC[C@@H](N)CNS(=O)(=O)c1ccc(-c2cccc3ccc(N)nc23)c(C2=NCN=N2)c1S(N)(=O)=O. The standard InChI is InChI=1S/C20H23N9O4S2/c21-8-12(22)9-27-35(32,33)15-6-5-13(14-3-1-2-11-4-7-16(23)28-18(11)14)17(19(15)34(24,30)31)20-25-10-26-29-20/h1-7,12,27H,8-10,21-22H2,(H2,23,28)(H2,24,30,31)/t12-/m1/s1. The molecule has 0 saturated heterocycles. The number of para-hydroxylation sites is 1. The molecule has 1 atom stereocenters. The van der Waals surface area contributed by atoms with Gasteiger partial charge in [0.15, 0.2) is 12.5 Å². The molecule has 0 spiro atoms. The molecule has 0 radical (unpaired) electrons. The van der Waals surface area contributed by atoms with Crippen molar-refractivity contribution in [1.29, 1.82) is 0 Å². The highest BCUT2D eigenvalue weighted by Crippen LogP contribution is 2.37. The van der Waals surface area contributed by atoms with Gasteiger partial charge in [0, 0.05) is 30.1 Å². The Morgan fingerprint density at radius 3 is 2.46 bits per heavy atom. The number of sulfonamides is 2. The van der Waals surface area contributed by atoms with Gasteiger partial charge in [0.1, 0.15) is 15.6 Å². The van der Waals surface area contributed by atoms with Gasteiger partial charge in [-0.1, -0.05) is 24.3 Å². The van der Waals surface area contributed by atoms with Crippen LogP contribution in [0.1, 0.15) is 5.56 Å². The number of aliphatic imine (C=N–C) groups is 1. The van der Waals surface area contributed by atoms with Crippen molar-refractivity contribution in [2.75, 3.05) is 25.5 Å². The molecule has 2 heterocycles. The summed E-state index contributed by atoms with van der Waals surface area (Å²) in [6, 6.07) is 10.5. The average Bonchev–Trinajstić information content (AvgIpc) is 3.35. The summed E-state index contributed by atoms with van der Waals surface area (Å²) in [4.78, 5) is 7.27. The van der Waals surface area contributed by atoms with E-state index in [9.17, 15) is 16.8 Å². The Bertz CT molecular complexity index is 1590. The lowest BCUT2D eigenvalue weighted by Crippen LogP contribution is -2.42. The van der Waals surface area contributed by atoms with Gasteiger partial charge < -0.3 is 17.2 Å². The second-order valence-corrected chi connectivity index (χ2v) is 10.9. The summed E-state index contributed by atoms with van der Waals surface area (Å²) in [5.74, 6) is 0.163. The molecule has 0 unspecified atom stereocenters. The predicted octanol–water partition coefficient (Wildman–Crippen LogP) is -0.134. The van der Waals surface area contributed by atoms with Crippen LogP contribution in [-0.2, 0) is 20.0 Å². The van der Waals surface area contributed by atoms with E-state index in [0.29, 0.717) is 11.1 Å². The molecule has 2 aromatic carbocycles. The summed E-state index contributed by atoms with van der Waals surface area (Å²) in [5.41, 5.74) is 18.2. The minimum Gasteiger partial charge on any atom is -0.384 e. The number of nitrogens with zero attached hydrogens (tertiary/aromatic N) is 4. The molecule has 184 valence electrons. The van der Waals surface area contributed by atoms with Crippen molar-refractivity contribution < 1.29 is 16.8 Å². The lowest BCUT2D eigenvalue weighted by molar-refractivity contribution is 0.563. The number of fused-ring (bicyclic) bond motifs is 1. The smallest absolute Gasteiger partial charge is 0.241 e. The minimum atomic E-state index is -4.62. The molecule has 0 saturated carbocycles. The molecule has 35 heavy (non-hydrogen) atoms. The number of nitrogen functional groups attached to an aromatic ring is 1. The second kappa shape index (κ2) is 9.37. The normalized spacial score (nSPS) is 14.9. The highest BCUT2D eigenvalue weighted by atomic mass is 32.2. The van der Waals surface area contributed by atoms with E-state index < -0.39 is 35.9 Å². The van der Waals surface area contributed by atoms with Crippen molar-refractivity contribution in [3.05, 3.63) is 48.0 Å². The van der Waals surface area contributed by atoms with Crippen LogP contribution in [0.2, 0.25) is 0 Å². The van der Waals surface area contributed by atoms with Crippen molar-refractivity contribution in [1.82, 2.24) is 9.71 Å². The van der Waals surface area contributed by atoms with E-state index in [1.165, 1.54) is 6.07 Å². The van der Waals surface area contributed by atoms with Crippen molar-refractivity contribution in [2.24, 2.45) is 31.8 Å². The number of aromatic nitrogens is 1. The molecule has 0 amide bonds. The lowest BCUT2D eigenvalue weighted by Gasteiger charge is -2.18. The largest absolute Gasteiger partial charge is 0.384 e. The number of azo groups is 1. The predicted molar refractivity (Wildman–Crippen MR) is 131 cm³/mol. The molecule has 1 aliphatic rings. The zero-order chi connectivity index (χ0) is 25.4. The topological polar surface area (TPSA) is 234 Å². The number of hydrogen-bond acceptors (Lipinski definition) is 11. The molecule has 4 rings (SSSR count). The first-order valence-electron chi connectivity index (χ1n) is 10.3. The number of amidine groups is 1. The van der Waals surface area contributed by atoms with Crippen molar-refractivity contribution in [3.8, 4) is 11.1 Å². The molecule has 15 heteroatoms. The molecular formula is C20H23N9O4S2. The molecule has 9 N–H and O–H groups in total. The van der Waals surface area contributed by atoms with Crippen LogP contribution in [0.4, 0.5) is 5.82 Å². The number of nitrogens with two attached hydrogens (primary N) is 4. The van der Waals surface area contributed by atoms with Crippen LogP contribution in [0.15, 0.2) is 67.5 Å². The molecular weight excluding hydrogens is 494 g/mol. The minimum absolute atomic E-state index is 0.0170. The molecule has 3 aromatic rings. The summed E-state index contributed by atoms with van der Waals surface area (Å²) in [5, 5.41) is 14.0. The number of nitrogens with one attached hydrogen (secondary N) is 1. The average molecular weight is 518 g/mol. The number of anilines is 1. The van der Waals surface area contributed by atoms with Gasteiger partial charge in [0.05, 0.1) is 11.1 Å². The Morgan fingerprint density at radius 2 is 1.80 bits per heavy atom. The quantitative estimate of drug-likeness (QED) is 0.269. The van der Waals surface area contributed by atoms with Crippen LogP contribution >= 0.6 is 0 Å². The van der Waals surface area contributed by atoms with E-state index in [0.717, 1.165) is 11.5 Å². The van der Waals surface area contributed by atoms with Gasteiger partial charge >= 0.3 is 0 Å². The van der Waals surface area contributed by atoms with E-state index in [1.54, 1.807) is 24.3 Å². The van der Waals surface area contributed by atoms with Gasteiger partial charge in [-0.3, -0.25) is 0 Å². The molecule has 0 fully saturated rings. The maximum atomic E-state index is 13.1. The Kier molecular flexibility index (Phi) is 6.63. The highest BCUT2D eigenvalue weighted by molar-refractivity contribution is 7.92. The van der Waals surface area contributed by atoms with Gasteiger partial charge in [-0.25, -0.2) is 36.7 Å². The van der Waals surface area contributed by atoms with Gasteiger partial charge in [0.2, 0.25) is 20.0 Å². The molecule has 0 bridgehead atoms. The van der Waals surface area contributed by atoms with E-state index in [-0.39, 0.29) is 42.5 Å². The van der Waals surface area contributed by atoms with E-state index in [2.05, 4.69) is 24.9 Å². The van der Waals surface area contributed by atoms with Crippen LogP contribution in [-0.4, -0.2) is 53.5 Å². The van der Waals surface area contributed by atoms with Gasteiger partial charge in [-0.05, 0) is 23.8 Å². The number of benzene rings is 2. The Labute approximate surface area is 201 Å². The van der Waals surface area contributed by atoms with E-state index in [4.69, 9.17) is 22.3 Å². The second-order valence-electron chi connectivity index (χ2n) is 7.69. The van der Waals surface area contributed by atoms with Crippen molar-refractivity contribution >= 4 is 42.6 Å². The summed E-state index contributed by atoms with van der Waals surface area (Å²) in [6.45, 7) is -0.254. The third-order valence-corrected chi connectivity index (χ3v) is 7.83.